The van der Waals surface area contributed by atoms with Gasteiger partial charge in [0.1, 0.15) is 5.75 Å². The second-order valence-corrected chi connectivity index (χ2v) is 4.50. The largest absolute Gasteiger partial charge is 0.508 e. The molecule has 1 aromatic rings. The summed E-state index contributed by atoms with van der Waals surface area (Å²) >= 11 is 3.35. The van der Waals surface area contributed by atoms with E-state index in [9.17, 15) is 5.11 Å². The molecule has 1 atom stereocenters. The molecule has 0 heterocycles. The number of aliphatic hydroxyl groups is 1. The summed E-state index contributed by atoms with van der Waals surface area (Å²) < 4.78 is 0.952. The number of nitrogens with one attached hydrogen (secondary N) is 1. The molecule has 0 saturated carbocycles. The lowest BCUT2D eigenvalue weighted by atomic mass is 10.2. The topological polar surface area (TPSA) is 52.5 Å². The van der Waals surface area contributed by atoms with E-state index in [1.807, 2.05) is 6.07 Å². The van der Waals surface area contributed by atoms with Crippen molar-refractivity contribution in [3.8, 4) is 5.75 Å². The Bertz CT molecular complexity index is 315. The van der Waals surface area contributed by atoms with Gasteiger partial charge < -0.3 is 15.5 Å². The normalized spacial score (nSPS) is 12.7. The third kappa shape index (κ3) is 4.64. The lowest BCUT2D eigenvalue weighted by molar-refractivity contribution is 0.183. The lowest BCUT2D eigenvalue weighted by Gasteiger charge is -2.08. The van der Waals surface area contributed by atoms with Crippen LogP contribution in [0.2, 0.25) is 0 Å². The molecule has 84 valence electrons. The Morgan fingerprint density at radius 2 is 2.20 bits per heavy atom. The second kappa shape index (κ2) is 6.10. The monoisotopic (exact) mass is 273 g/mol. The standard InChI is InChI=1S/C11H16BrNO2/c1-8(14)4-5-13-7-9-6-10(12)2-3-11(9)15/h2-3,6,8,13-15H,4-5,7H2,1H3. The summed E-state index contributed by atoms with van der Waals surface area (Å²) in [4.78, 5) is 0. The van der Waals surface area contributed by atoms with E-state index in [0.29, 0.717) is 12.3 Å². The van der Waals surface area contributed by atoms with Gasteiger partial charge >= 0.3 is 0 Å². The minimum atomic E-state index is -0.284. The number of halogens is 1. The van der Waals surface area contributed by atoms with Crippen LogP contribution in [0.4, 0.5) is 0 Å². The van der Waals surface area contributed by atoms with Crippen molar-refractivity contribution in [2.45, 2.75) is 26.0 Å². The molecule has 0 spiro atoms. The average Bonchev–Trinajstić information content (AvgIpc) is 2.17. The van der Waals surface area contributed by atoms with Gasteiger partial charge in [-0.25, -0.2) is 0 Å². The van der Waals surface area contributed by atoms with Crippen LogP contribution in [0.1, 0.15) is 18.9 Å². The quantitative estimate of drug-likeness (QED) is 0.720. The molecule has 0 saturated heterocycles. The molecule has 1 unspecified atom stereocenters. The first-order valence-corrected chi connectivity index (χ1v) is 5.75. The molecule has 3 N–H and O–H groups in total. The highest BCUT2D eigenvalue weighted by Crippen LogP contribution is 2.21. The number of aliphatic hydroxyl groups excluding tert-OH is 1. The van der Waals surface area contributed by atoms with Gasteiger partial charge in [0.25, 0.3) is 0 Å². The Kier molecular flexibility index (Phi) is 5.08. The van der Waals surface area contributed by atoms with E-state index in [1.54, 1.807) is 19.1 Å². The molecule has 4 heteroatoms. The molecule has 3 nitrogen and oxygen atoms in total. The fraction of sp³-hybridized carbons (Fsp3) is 0.455. The molecule has 0 amide bonds. The first-order chi connectivity index (χ1) is 7.09. The third-order valence-corrected chi connectivity index (χ3v) is 2.59. The second-order valence-electron chi connectivity index (χ2n) is 3.59. The number of phenols is 1. The molecule has 15 heavy (non-hydrogen) atoms. The van der Waals surface area contributed by atoms with Crippen molar-refractivity contribution in [2.24, 2.45) is 0 Å². The molecule has 1 aromatic carbocycles. The summed E-state index contributed by atoms with van der Waals surface area (Å²) in [5, 5.41) is 21.7. The highest BCUT2D eigenvalue weighted by molar-refractivity contribution is 9.10. The van der Waals surface area contributed by atoms with Crippen molar-refractivity contribution in [1.29, 1.82) is 0 Å². The van der Waals surface area contributed by atoms with Crippen LogP contribution in [-0.4, -0.2) is 22.9 Å². The number of benzene rings is 1. The highest BCUT2D eigenvalue weighted by Gasteiger charge is 2.01. The Hall–Kier alpha value is -0.580. The highest BCUT2D eigenvalue weighted by atomic mass is 79.9. The van der Waals surface area contributed by atoms with Gasteiger partial charge in [0.15, 0.2) is 0 Å². The molecule has 0 fully saturated rings. The number of phenolic OH excluding ortho intramolecular Hbond substituents is 1. The Morgan fingerprint density at radius 3 is 2.87 bits per heavy atom. The van der Waals surface area contributed by atoms with Gasteiger partial charge in [-0.2, -0.15) is 0 Å². The number of hydrogen-bond acceptors (Lipinski definition) is 3. The van der Waals surface area contributed by atoms with Gasteiger partial charge in [0.2, 0.25) is 0 Å². The predicted molar refractivity (Wildman–Crippen MR) is 63.8 cm³/mol. The predicted octanol–water partition coefficient (Wildman–Crippen LogP) is 2.02. The van der Waals surface area contributed by atoms with Crippen LogP contribution >= 0.6 is 15.9 Å². The van der Waals surface area contributed by atoms with Gasteiger partial charge in [-0.05, 0) is 38.1 Å². The van der Waals surface area contributed by atoms with E-state index >= 15 is 0 Å². The Labute approximate surface area is 98.3 Å². The fourth-order valence-electron chi connectivity index (χ4n) is 1.23. The van der Waals surface area contributed by atoms with E-state index in [2.05, 4.69) is 21.2 Å². The number of rotatable bonds is 5. The maximum Gasteiger partial charge on any atom is 0.120 e. The first-order valence-electron chi connectivity index (χ1n) is 4.96. The molecular formula is C11H16BrNO2. The Morgan fingerprint density at radius 1 is 1.47 bits per heavy atom. The van der Waals surface area contributed by atoms with Crippen molar-refractivity contribution in [2.75, 3.05) is 6.54 Å². The zero-order valence-electron chi connectivity index (χ0n) is 8.70. The van der Waals surface area contributed by atoms with Crippen LogP contribution in [0, 0.1) is 0 Å². The molecule has 0 aliphatic rings. The van der Waals surface area contributed by atoms with Crippen molar-refractivity contribution >= 4 is 15.9 Å². The van der Waals surface area contributed by atoms with E-state index in [1.165, 1.54) is 0 Å². The van der Waals surface area contributed by atoms with Crippen molar-refractivity contribution < 1.29 is 10.2 Å². The third-order valence-electron chi connectivity index (χ3n) is 2.10. The van der Waals surface area contributed by atoms with Crippen molar-refractivity contribution in [3.05, 3.63) is 28.2 Å². The average molecular weight is 274 g/mol. The molecule has 0 aromatic heterocycles. The minimum Gasteiger partial charge on any atom is -0.508 e. The molecule has 0 aliphatic heterocycles. The maximum atomic E-state index is 9.53. The van der Waals surface area contributed by atoms with Crippen LogP contribution in [0.15, 0.2) is 22.7 Å². The molecular weight excluding hydrogens is 258 g/mol. The van der Waals surface area contributed by atoms with Crippen LogP contribution < -0.4 is 5.32 Å². The lowest BCUT2D eigenvalue weighted by Crippen LogP contribution is -2.18. The van der Waals surface area contributed by atoms with Gasteiger partial charge in [-0.3, -0.25) is 0 Å². The van der Waals surface area contributed by atoms with Crippen molar-refractivity contribution in [3.63, 3.8) is 0 Å². The van der Waals surface area contributed by atoms with Gasteiger partial charge in [-0.15, -0.1) is 0 Å². The first kappa shape index (κ1) is 12.5. The zero-order chi connectivity index (χ0) is 11.3. The smallest absolute Gasteiger partial charge is 0.120 e. The summed E-state index contributed by atoms with van der Waals surface area (Å²) in [5.74, 6) is 0.294. The van der Waals surface area contributed by atoms with Crippen LogP contribution in [0.3, 0.4) is 0 Å². The number of aromatic hydroxyl groups is 1. The van der Waals surface area contributed by atoms with Crippen molar-refractivity contribution in [1.82, 2.24) is 5.32 Å². The Balaban J connectivity index is 2.40. The summed E-state index contributed by atoms with van der Waals surface area (Å²) in [6.45, 7) is 3.11. The minimum absolute atomic E-state index is 0.284. The molecule has 0 bridgehead atoms. The SMILES string of the molecule is CC(O)CCNCc1cc(Br)ccc1O. The van der Waals surface area contributed by atoms with Gasteiger partial charge in [0.05, 0.1) is 6.10 Å². The molecule has 1 rings (SSSR count). The summed E-state index contributed by atoms with van der Waals surface area (Å²) in [6, 6.07) is 5.34. The maximum absolute atomic E-state index is 9.53. The van der Waals surface area contributed by atoms with E-state index in [-0.39, 0.29) is 6.10 Å². The summed E-state index contributed by atoms with van der Waals surface area (Å²) in [6.07, 6.45) is 0.433. The molecule has 0 radical (unpaired) electrons. The fourth-order valence-corrected chi connectivity index (χ4v) is 1.64. The van der Waals surface area contributed by atoms with Gasteiger partial charge in [-0.1, -0.05) is 15.9 Å². The number of hydrogen-bond donors (Lipinski definition) is 3. The molecule has 0 aliphatic carbocycles. The summed E-state index contributed by atoms with van der Waals surface area (Å²) in [5.41, 5.74) is 0.856. The van der Waals surface area contributed by atoms with Crippen LogP contribution in [0.25, 0.3) is 0 Å². The van der Waals surface area contributed by atoms with Crippen LogP contribution in [0.5, 0.6) is 5.75 Å². The van der Waals surface area contributed by atoms with E-state index in [0.717, 1.165) is 23.0 Å². The summed E-state index contributed by atoms with van der Waals surface area (Å²) in [7, 11) is 0. The van der Waals surface area contributed by atoms with E-state index in [4.69, 9.17) is 5.11 Å². The van der Waals surface area contributed by atoms with Crippen LogP contribution in [-0.2, 0) is 6.54 Å². The van der Waals surface area contributed by atoms with Gasteiger partial charge in [0, 0.05) is 16.6 Å². The zero-order valence-corrected chi connectivity index (χ0v) is 10.3. The van der Waals surface area contributed by atoms with E-state index < -0.39 is 0 Å².